The Hall–Kier alpha value is 0.411. The van der Waals surface area contributed by atoms with Gasteiger partial charge in [-0.25, -0.2) is 0 Å². The minimum absolute atomic E-state index is 0.00240. The van der Waals surface area contributed by atoms with Gasteiger partial charge in [0.05, 0.1) is 6.61 Å². The van der Waals surface area contributed by atoms with Crippen LogP contribution in [0.5, 0.6) is 0 Å². The summed E-state index contributed by atoms with van der Waals surface area (Å²) < 4.78 is 33.2. The first-order valence-electron chi connectivity index (χ1n) is 12.7. The van der Waals surface area contributed by atoms with Crippen molar-refractivity contribution in [3.05, 3.63) is 0 Å². The van der Waals surface area contributed by atoms with Gasteiger partial charge in [-0.3, -0.25) is 0 Å². The van der Waals surface area contributed by atoms with Crippen molar-refractivity contribution in [2.75, 3.05) is 13.7 Å². The molecule has 1 heterocycles. The first-order valence-corrected chi connectivity index (χ1v) is 21.5. The molecule has 0 aromatic carbocycles. The smallest absolute Gasteiger partial charge is 0.192 e. The number of ether oxygens (including phenoxy) is 2. The quantitative estimate of drug-likeness (QED) is 0.356. The van der Waals surface area contributed by atoms with Gasteiger partial charge in [0.25, 0.3) is 0 Å². The summed E-state index contributed by atoms with van der Waals surface area (Å²) in [7, 11) is -5.00. The van der Waals surface area contributed by atoms with Gasteiger partial charge in [-0.2, -0.15) is 0 Å². The normalized spacial score (nSPS) is 28.3. The summed E-state index contributed by atoms with van der Waals surface area (Å²) in [5.41, 5.74) is 0. The molecule has 0 radical (unpaired) electrons. The van der Waals surface area contributed by atoms with E-state index in [1.165, 1.54) is 0 Å². The van der Waals surface area contributed by atoms with Crippen LogP contribution in [0.3, 0.4) is 0 Å². The zero-order valence-electron chi connectivity index (χ0n) is 25.1. The molecule has 204 valence electrons. The Bertz CT molecular complexity index is 619. The van der Waals surface area contributed by atoms with E-state index in [0.29, 0.717) is 0 Å². The Morgan fingerprint density at radius 2 is 0.941 bits per heavy atom. The summed E-state index contributed by atoms with van der Waals surface area (Å²) in [5.74, 6) is 0. The highest BCUT2D eigenvalue weighted by molar-refractivity contribution is 6.75. The van der Waals surface area contributed by atoms with Crippen LogP contribution in [0.15, 0.2) is 0 Å². The lowest BCUT2D eigenvalue weighted by Gasteiger charge is -2.54. The molecule has 1 fully saturated rings. The Balaban J connectivity index is 3.66. The lowest BCUT2D eigenvalue weighted by molar-refractivity contribution is -0.285. The molecule has 0 aliphatic carbocycles. The third-order valence-corrected chi connectivity index (χ3v) is 22.1. The first kappa shape index (κ1) is 32.4. The number of methoxy groups -OCH3 is 1. The van der Waals surface area contributed by atoms with E-state index in [4.69, 9.17) is 22.8 Å². The predicted octanol–water partition coefficient (Wildman–Crippen LogP) is 6.52. The van der Waals surface area contributed by atoms with Gasteiger partial charge >= 0.3 is 0 Å². The second-order valence-electron chi connectivity index (χ2n) is 14.5. The fourth-order valence-corrected chi connectivity index (χ4v) is 7.07. The molecule has 1 aliphatic heterocycles. The maximum Gasteiger partial charge on any atom is 0.192 e. The fraction of sp³-hybridized carbons (Fsp3) is 1.00. The van der Waals surface area contributed by atoms with Crippen molar-refractivity contribution in [3.8, 4) is 0 Å². The molecule has 9 heteroatoms. The third kappa shape index (κ3) is 7.25. The maximum atomic E-state index is 10.4. The minimum atomic E-state index is -2.23. The molecule has 0 bridgehead atoms. The molecule has 1 aliphatic rings. The summed E-state index contributed by atoms with van der Waals surface area (Å²) in [5, 5.41) is 10.4. The molecule has 0 aromatic heterocycles. The van der Waals surface area contributed by atoms with Crippen molar-refractivity contribution >= 4 is 25.0 Å². The van der Waals surface area contributed by atoms with Crippen LogP contribution in [0.2, 0.25) is 54.4 Å². The number of rotatable bonds is 8. The second-order valence-corrected chi connectivity index (χ2v) is 28.8. The Morgan fingerprint density at radius 1 is 0.618 bits per heavy atom. The van der Waals surface area contributed by atoms with E-state index in [1.54, 1.807) is 7.11 Å². The summed E-state index contributed by atoms with van der Waals surface area (Å²) in [6, 6.07) is 0. The van der Waals surface area contributed by atoms with Gasteiger partial charge in [0.1, 0.15) is 24.4 Å². The number of hydrogen-bond donors (Lipinski definition) is 1. The van der Waals surface area contributed by atoms with Crippen molar-refractivity contribution in [2.45, 2.75) is 147 Å². The Kier molecular flexibility index (Phi) is 10.2. The highest BCUT2D eigenvalue weighted by Gasteiger charge is 2.56. The van der Waals surface area contributed by atoms with Crippen molar-refractivity contribution in [3.63, 3.8) is 0 Å². The molecule has 0 aromatic rings. The number of hydrogen-bond acceptors (Lipinski definition) is 6. The molecule has 34 heavy (non-hydrogen) atoms. The standard InChI is InChI=1S/C25H56O6Si3/c1-23(2,3)32(11,12)29-19-18(17-26)28-22(27-10)21(31-34(15,16)25(7,8)9)20(19)30-33(13,14)24(4,5)6/h18-22,26H,17H2,1-16H3/t18-,19-,20+,21-,22+/m1/s1. The van der Waals surface area contributed by atoms with Crippen LogP contribution in [-0.2, 0) is 22.8 Å². The molecule has 1 N–H and O–H groups in total. The molecule has 6 nitrogen and oxygen atoms in total. The molecule has 0 amide bonds. The third-order valence-electron chi connectivity index (χ3n) is 8.71. The lowest BCUT2D eigenvalue weighted by atomic mass is 9.99. The monoisotopic (exact) mass is 536 g/mol. The van der Waals surface area contributed by atoms with E-state index in [-0.39, 0.29) is 21.7 Å². The zero-order valence-corrected chi connectivity index (χ0v) is 28.1. The topological polar surface area (TPSA) is 66.4 Å². The van der Waals surface area contributed by atoms with Crippen LogP contribution < -0.4 is 0 Å². The van der Waals surface area contributed by atoms with Crippen LogP contribution in [0.4, 0.5) is 0 Å². The van der Waals surface area contributed by atoms with E-state index in [2.05, 4.69) is 102 Å². The van der Waals surface area contributed by atoms with Gasteiger partial charge in [0.15, 0.2) is 31.2 Å². The van der Waals surface area contributed by atoms with E-state index < -0.39 is 55.7 Å². The Morgan fingerprint density at radius 3 is 1.24 bits per heavy atom. The number of aliphatic hydroxyl groups is 1. The highest BCUT2D eigenvalue weighted by atomic mass is 28.4. The zero-order chi connectivity index (χ0) is 27.1. The van der Waals surface area contributed by atoms with Gasteiger partial charge in [0, 0.05) is 7.11 Å². The van der Waals surface area contributed by atoms with Crippen LogP contribution in [0, 0.1) is 0 Å². The van der Waals surface area contributed by atoms with Crippen LogP contribution in [0.25, 0.3) is 0 Å². The van der Waals surface area contributed by atoms with Crippen LogP contribution >= 0.6 is 0 Å². The van der Waals surface area contributed by atoms with Crippen LogP contribution in [0.1, 0.15) is 62.3 Å². The summed E-state index contributed by atoms with van der Waals surface area (Å²) in [6.07, 6.45) is -2.48. The van der Waals surface area contributed by atoms with Crippen molar-refractivity contribution in [2.24, 2.45) is 0 Å². The first-order chi connectivity index (χ1) is 14.9. The van der Waals surface area contributed by atoms with Crippen molar-refractivity contribution in [1.29, 1.82) is 0 Å². The molecule has 0 unspecified atom stereocenters. The highest BCUT2D eigenvalue weighted by Crippen LogP contribution is 2.45. The van der Waals surface area contributed by atoms with E-state index in [0.717, 1.165) is 0 Å². The van der Waals surface area contributed by atoms with E-state index in [9.17, 15) is 5.11 Å². The maximum absolute atomic E-state index is 10.4. The van der Waals surface area contributed by atoms with Crippen molar-refractivity contribution < 1.29 is 27.9 Å². The van der Waals surface area contributed by atoms with Gasteiger partial charge in [-0.15, -0.1) is 0 Å². The molecule has 1 saturated heterocycles. The SMILES string of the molecule is CO[C@H]1O[C@H](CO)[C@@H](O[Si](C)(C)C(C)(C)C)[C@H](O[Si](C)(C)C(C)(C)C)[C@H]1O[Si](C)(C)C(C)(C)C. The Labute approximate surface area is 213 Å². The van der Waals surface area contributed by atoms with Gasteiger partial charge < -0.3 is 27.9 Å². The molecule has 0 saturated carbocycles. The largest absolute Gasteiger partial charge is 0.408 e. The molecular weight excluding hydrogens is 481 g/mol. The average molecular weight is 537 g/mol. The summed E-state index contributed by atoms with van der Waals surface area (Å²) >= 11 is 0. The van der Waals surface area contributed by atoms with E-state index in [1.807, 2.05) is 0 Å². The van der Waals surface area contributed by atoms with Crippen molar-refractivity contribution in [1.82, 2.24) is 0 Å². The molecule has 5 atom stereocenters. The van der Waals surface area contributed by atoms with Gasteiger partial charge in [-0.1, -0.05) is 62.3 Å². The van der Waals surface area contributed by atoms with Gasteiger partial charge in [-0.05, 0) is 54.4 Å². The number of aliphatic hydroxyl groups excluding tert-OH is 1. The second kappa shape index (κ2) is 10.6. The molecule has 1 rings (SSSR count). The van der Waals surface area contributed by atoms with Crippen LogP contribution in [-0.4, -0.2) is 74.5 Å². The summed E-state index contributed by atoms with van der Waals surface area (Å²) in [4.78, 5) is 0. The minimum Gasteiger partial charge on any atom is -0.408 e. The predicted molar refractivity (Wildman–Crippen MR) is 149 cm³/mol. The van der Waals surface area contributed by atoms with E-state index >= 15 is 0 Å². The average Bonchev–Trinajstić information content (AvgIpc) is 2.61. The molecular formula is C25H56O6Si3. The summed E-state index contributed by atoms with van der Waals surface area (Å²) in [6.45, 7) is 33.4. The van der Waals surface area contributed by atoms with Gasteiger partial charge in [0.2, 0.25) is 0 Å². The fourth-order valence-electron chi connectivity index (χ4n) is 3.17. The molecule has 0 spiro atoms. The lowest BCUT2D eigenvalue weighted by Crippen LogP contribution is -2.68.